The van der Waals surface area contributed by atoms with Crippen molar-refractivity contribution in [1.82, 2.24) is 9.88 Å². The maximum atomic E-state index is 11.8. The van der Waals surface area contributed by atoms with Crippen molar-refractivity contribution in [1.29, 1.82) is 0 Å². The van der Waals surface area contributed by atoms with E-state index in [9.17, 15) is 4.79 Å². The molecule has 0 radical (unpaired) electrons. The van der Waals surface area contributed by atoms with Gasteiger partial charge in [-0.25, -0.2) is 4.98 Å². The Hall–Kier alpha value is -0.550. The third kappa shape index (κ3) is 2.72. The molecule has 0 aliphatic carbocycles. The molecule has 1 atom stereocenters. The second-order valence-electron chi connectivity index (χ2n) is 3.09. The van der Waals surface area contributed by atoms with Crippen molar-refractivity contribution in [2.45, 2.75) is 13.0 Å². The Balaban J connectivity index is 2.61. The van der Waals surface area contributed by atoms with E-state index in [0.29, 0.717) is 5.69 Å². The minimum absolute atomic E-state index is 0.00722. The number of aromatic nitrogens is 1. The standard InChI is InChI=1S/C9H14N2OS2/c1-7(4-13-3)11(2)9(12)8-5-14-6-10-8/h5-7H,4H2,1-3H3. The molecule has 1 heterocycles. The van der Waals surface area contributed by atoms with Crippen LogP contribution >= 0.6 is 23.1 Å². The van der Waals surface area contributed by atoms with Crippen molar-refractivity contribution < 1.29 is 4.79 Å². The lowest BCUT2D eigenvalue weighted by molar-refractivity contribution is 0.0752. The van der Waals surface area contributed by atoms with E-state index in [1.807, 2.05) is 20.2 Å². The summed E-state index contributed by atoms with van der Waals surface area (Å²) in [4.78, 5) is 17.5. The second kappa shape index (κ2) is 5.36. The topological polar surface area (TPSA) is 33.2 Å². The van der Waals surface area contributed by atoms with Gasteiger partial charge in [0, 0.05) is 24.2 Å². The maximum absolute atomic E-state index is 11.8. The summed E-state index contributed by atoms with van der Waals surface area (Å²) in [6.45, 7) is 2.04. The van der Waals surface area contributed by atoms with Gasteiger partial charge in [-0.05, 0) is 13.2 Å². The van der Waals surface area contributed by atoms with Crippen molar-refractivity contribution >= 4 is 29.0 Å². The first-order chi connectivity index (χ1) is 6.66. The van der Waals surface area contributed by atoms with Crippen LogP contribution in [0.4, 0.5) is 0 Å². The zero-order chi connectivity index (χ0) is 10.6. The Bertz CT molecular complexity index is 287. The number of hydrogen-bond donors (Lipinski definition) is 0. The number of amides is 1. The Labute approximate surface area is 92.5 Å². The summed E-state index contributed by atoms with van der Waals surface area (Å²) in [5.74, 6) is 0.958. The Morgan fingerprint density at radius 1 is 1.79 bits per heavy atom. The number of thioether (sulfide) groups is 1. The average molecular weight is 230 g/mol. The lowest BCUT2D eigenvalue weighted by atomic mass is 10.3. The van der Waals surface area contributed by atoms with E-state index in [-0.39, 0.29) is 11.9 Å². The van der Waals surface area contributed by atoms with Gasteiger partial charge in [0.25, 0.3) is 5.91 Å². The van der Waals surface area contributed by atoms with Crippen molar-refractivity contribution in [3.8, 4) is 0 Å². The summed E-state index contributed by atoms with van der Waals surface area (Å²) in [7, 11) is 1.82. The number of rotatable bonds is 4. The average Bonchev–Trinajstić information content (AvgIpc) is 2.68. The van der Waals surface area contributed by atoms with Crippen molar-refractivity contribution in [2.24, 2.45) is 0 Å². The van der Waals surface area contributed by atoms with Crippen LogP contribution in [0.1, 0.15) is 17.4 Å². The van der Waals surface area contributed by atoms with Crippen molar-refractivity contribution in [3.05, 3.63) is 16.6 Å². The SMILES string of the molecule is CSCC(C)N(C)C(=O)c1cscn1. The van der Waals surface area contributed by atoms with Gasteiger partial charge in [-0.1, -0.05) is 0 Å². The van der Waals surface area contributed by atoms with E-state index in [0.717, 1.165) is 5.75 Å². The minimum atomic E-state index is 0.00722. The van der Waals surface area contributed by atoms with Gasteiger partial charge < -0.3 is 4.90 Å². The molecule has 0 aromatic carbocycles. The molecule has 0 bridgehead atoms. The van der Waals surface area contributed by atoms with E-state index in [4.69, 9.17) is 0 Å². The molecule has 0 N–H and O–H groups in total. The zero-order valence-corrected chi connectivity index (χ0v) is 10.2. The Morgan fingerprint density at radius 2 is 2.50 bits per heavy atom. The summed E-state index contributed by atoms with van der Waals surface area (Å²) in [6, 6.07) is 0.249. The number of nitrogens with zero attached hydrogens (tertiary/aromatic N) is 2. The molecule has 78 valence electrons. The highest BCUT2D eigenvalue weighted by Gasteiger charge is 2.18. The first kappa shape index (κ1) is 11.5. The molecule has 0 aliphatic heterocycles. The highest BCUT2D eigenvalue weighted by atomic mass is 32.2. The van der Waals surface area contributed by atoms with Crippen LogP contribution in [0.2, 0.25) is 0 Å². The van der Waals surface area contributed by atoms with Gasteiger partial charge in [-0.2, -0.15) is 11.8 Å². The maximum Gasteiger partial charge on any atom is 0.273 e. The number of carbonyl (C=O) groups excluding carboxylic acids is 1. The number of carbonyl (C=O) groups is 1. The molecule has 3 nitrogen and oxygen atoms in total. The fraction of sp³-hybridized carbons (Fsp3) is 0.556. The van der Waals surface area contributed by atoms with Gasteiger partial charge in [0.05, 0.1) is 5.51 Å². The van der Waals surface area contributed by atoms with Crippen LogP contribution < -0.4 is 0 Å². The Kier molecular flexibility index (Phi) is 4.41. The van der Waals surface area contributed by atoms with E-state index in [1.54, 1.807) is 27.6 Å². The molecule has 5 heteroatoms. The van der Waals surface area contributed by atoms with E-state index < -0.39 is 0 Å². The first-order valence-corrected chi connectivity index (χ1v) is 6.64. The molecule has 1 rings (SSSR count). The number of thiazole rings is 1. The quantitative estimate of drug-likeness (QED) is 0.793. The molecule has 0 fully saturated rings. The van der Waals surface area contributed by atoms with Gasteiger partial charge in [0.1, 0.15) is 5.69 Å². The van der Waals surface area contributed by atoms with Crippen molar-refractivity contribution in [3.63, 3.8) is 0 Å². The number of hydrogen-bond acceptors (Lipinski definition) is 4. The predicted octanol–water partition coefficient (Wildman–Crippen LogP) is 1.97. The second-order valence-corrected chi connectivity index (χ2v) is 4.72. The fourth-order valence-electron chi connectivity index (χ4n) is 1.05. The highest BCUT2D eigenvalue weighted by molar-refractivity contribution is 7.98. The normalized spacial score (nSPS) is 12.5. The summed E-state index contributed by atoms with van der Waals surface area (Å²) in [5, 5.41) is 1.78. The summed E-state index contributed by atoms with van der Waals surface area (Å²) >= 11 is 3.19. The fourth-order valence-corrected chi connectivity index (χ4v) is 2.28. The molecule has 0 spiro atoms. The van der Waals surface area contributed by atoms with E-state index >= 15 is 0 Å². The van der Waals surface area contributed by atoms with Crippen molar-refractivity contribution in [2.75, 3.05) is 19.1 Å². The predicted molar refractivity (Wildman–Crippen MR) is 62.1 cm³/mol. The third-order valence-electron chi connectivity index (χ3n) is 2.04. The molecule has 14 heavy (non-hydrogen) atoms. The lowest BCUT2D eigenvalue weighted by Gasteiger charge is -2.23. The van der Waals surface area contributed by atoms with Crippen LogP contribution in [0, 0.1) is 0 Å². The summed E-state index contributed by atoms with van der Waals surface area (Å²) in [5.41, 5.74) is 2.23. The smallest absolute Gasteiger partial charge is 0.273 e. The van der Waals surface area contributed by atoms with Crippen LogP contribution in [0.15, 0.2) is 10.9 Å². The lowest BCUT2D eigenvalue weighted by Crippen LogP contribution is -2.36. The molecular formula is C9H14N2OS2. The molecule has 0 aliphatic rings. The molecule has 1 unspecified atom stereocenters. The van der Waals surface area contributed by atoms with Crippen LogP contribution in [0.3, 0.4) is 0 Å². The molecule has 0 saturated heterocycles. The largest absolute Gasteiger partial charge is 0.337 e. The van der Waals surface area contributed by atoms with E-state index in [1.165, 1.54) is 11.3 Å². The summed E-state index contributed by atoms with van der Waals surface area (Å²) < 4.78 is 0. The minimum Gasteiger partial charge on any atom is -0.337 e. The Morgan fingerprint density at radius 3 is 3.00 bits per heavy atom. The first-order valence-electron chi connectivity index (χ1n) is 4.31. The molecular weight excluding hydrogens is 216 g/mol. The van der Waals surface area contributed by atoms with E-state index in [2.05, 4.69) is 4.98 Å². The molecule has 1 aromatic heterocycles. The summed E-state index contributed by atoms with van der Waals surface area (Å²) in [6.07, 6.45) is 2.04. The van der Waals surface area contributed by atoms with Gasteiger partial charge >= 0.3 is 0 Å². The van der Waals surface area contributed by atoms with Crippen LogP contribution in [-0.2, 0) is 0 Å². The monoisotopic (exact) mass is 230 g/mol. The van der Waals surface area contributed by atoms with Crippen LogP contribution in [-0.4, -0.2) is 40.9 Å². The highest BCUT2D eigenvalue weighted by Crippen LogP contribution is 2.09. The molecule has 0 saturated carbocycles. The van der Waals surface area contributed by atoms with Gasteiger partial charge in [0.15, 0.2) is 0 Å². The third-order valence-corrected chi connectivity index (χ3v) is 3.44. The molecule has 1 amide bonds. The van der Waals surface area contributed by atoms with Gasteiger partial charge in [-0.3, -0.25) is 4.79 Å². The zero-order valence-electron chi connectivity index (χ0n) is 8.56. The molecule has 1 aromatic rings. The van der Waals surface area contributed by atoms with Crippen LogP contribution in [0.5, 0.6) is 0 Å². The van der Waals surface area contributed by atoms with Gasteiger partial charge in [-0.15, -0.1) is 11.3 Å². The van der Waals surface area contributed by atoms with Gasteiger partial charge in [0.2, 0.25) is 0 Å². The van der Waals surface area contributed by atoms with Crippen LogP contribution in [0.25, 0.3) is 0 Å².